The Bertz CT molecular complexity index is 625. The van der Waals surface area contributed by atoms with Gasteiger partial charge in [-0.1, -0.05) is 19.4 Å². The van der Waals surface area contributed by atoms with E-state index in [0.717, 1.165) is 6.07 Å². The summed E-state index contributed by atoms with van der Waals surface area (Å²) in [5.74, 6) is 0. The first-order valence-electron chi connectivity index (χ1n) is 3.83. The summed E-state index contributed by atoms with van der Waals surface area (Å²) in [5.41, 5.74) is -0.216. The van der Waals surface area contributed by atoms with E-state index in [-0.39, 0.29) is 22.0 Å². The van der Waals surface area contributed by atoms with E-state index in [1.54, 1.807) is 0 Å². The third-order valence-electron chi connectivity index (χ3n) is 1.84. The Morgan fingerprint density at radius 3 is 2.31 bits per heavy atom. The minimum atomic E-state index is -9.65. The van der Waals surface area contributed by atoms with Crippen molar-refractivity contribution in [3.05, 3.63) is 23.0 Å². The molecule has 0 radical (unpaired) electrons. The van der Waals surface area contributed by atoms with Crippen LogP contribution in [0.5, 0.6) is 0 Å². The number of oxazole rings is 1. The van der Waals surface area contributed by atoms with E-state index in [0.29, 0.717) is 6.07 Å². The maximum absolute atomic E-state index is 12.4. The second-order valence-electron chi connectivity index (χ2n) is 3.14. The number of benzene rings is 1. The van der Waals surface area contributed by atoms with Gasteiger partial charge in [0.2, 0.25) is 0 Å². The van der Waals surface area contributed by atoms with Gasteiger partial charge in [-0.2, -0.15) is 0 Å². The number of rotatable bonds is 1. The van der Waals surface area contributed by atoms with Crippen molar-refractivity contribution in [1.29, 1.82) is 0 Å². The lowest BCUT2D eigenvalue weighted by molar-refractivity contribution is 0.364. The third-order valence-corrected chi connectivity index (χ3v) is 3.17. The molecule has 0 amide bonds. The molecule has 1 N–H and O–H groups in total. The van der Waals surface area contributed by atoms with Crippen LogP contribution in [-0.2, 0) is 0 Å². The zero-order valence-electron chi connectivity index (χ0n) is 7.35. The van der Waals surface area contributed by atoms with E-state index in [2.05, 4.69) is 21.6 Å². The summed E-state index contributed by atoms with van der Waals surface area (Å²) in [5, 5.41) is 0. The highest BCUT2D eigenvalue weighted by molar-refractivity contribution is 8.45. The Morgan fingerprint density at radius 1 is 1.12 bits per heavy atom. The predicted octanol–water partition coefficient (Wildman–Crippen LogP) is 5.15. The van der Waals surface area contributed by atoms with E-state index in [4.69, 9.17) is 0 Å². The first-order valence-corrected chi connectivity index (χ1v) is 6.19. The van der Waals surface area contributed by atoms with Gasteiger partial charge < -0.3 is 9.40 Å². The van der Waals surface area contributed by atoms with Crippen LogP contribution in [0.25, 0.3) is 11.1 Å². The molecule has 9 heteroatoms. The van der Waals surface area contributed by atoms with Crippen molar-refractivity contribution in [3.8, 4) is 0 Å². The van der Waals surface area contributed by atoms with Crippen LogP contribution in [0.15, 0.2) is 27.5 Å². The highest BCUT2D eigenvalue weighted by Gasteiger charge is 2.65. The van der Waals surface area contributed by atoms with Crippen LogP contribution >= 0.6 is 22.4 Å². The van der Waals surface area contributed by atoms with Crippen molar-refractivity contribution in [3.63, 3.8) is 0 Å². The molecule has 0 aliphatic rings. The summed E-state index contributed by atoms with van der Waals surface area (Å²) < 4.78 is 66.7. The maximum atomic E-state index is 12.4. The van der Waals surface area contributed by atoms with Crippen LogP contribution in [0, 0.1) is 4.84 Å². The van der Waals surface area contributed by atoms with Crippen LogP contribution in [0.2, 0.25) is 0 Å². The van der Waals surface area contributed by atoms with Crippen LogP contribution in [0.4, 0.5) is 19.4 Å². The lowest BCUT2D eigenvalue weighted by Gasteiger charge is -2.40. The molecule has 1 aromatic carbocycles. The Balaban J connectivity index is 2.79. The van der Waals surface area contributed by atoms with Gasteiger partial charge in [-0.15, -0.1) is 0 Å². The molecule has 2 aromatic rings. The molecule has 0 aliphatic carbocycles. The third kappa shape index (κ3) is 2.05. The summed E-state index contributed by atoms with van der Waals surface area (Å²) in [6.07, 6.45) is 0. The Morgan fingerprint density at radius 2 is 1.75 bits per heavy atom. The topological polar surface area (TPSA) is 28.9 Å². The Kier molecular flexibility index (Phi) is 1.73. The molecular formula is C7H4F5NOS2. The minimum absolute atomic E-state index is 0.135. The molecule has 0 aliphatic heterocycles. The molecule has 0 spiro atoms. The zero-order valence-corrected chi connectivity index (χ0v) is 8.98. The van der Waals surface area contributed by atoms with Gasteiger partial charge in [-0.25, -0.2) is 0 Å². The second kappa shape index (κ2) is 2.43. The predicted molar refractivity (Wildman–Crippen MR) is 52.8 cm³/mol. The SMILES string of the molecule is FS(F)(F)(F)(F)c1ccc2[nH]c(=S)oc2c1. The van der Waals surface area contributed by atoms with Gasteiger partial charge in [0.25, 0.3) is 4.84 Å². The molecule has 0 atom stereocenters. The zero-order chi connectivity index (χ0) is 12.3. The summed E-state index contributed by atoms with van der Waals surface area (Å²) in [6, 6.07) is 1.38. The first-order chi connectivity index (χ1) is 6.95. The molecule has 2 rings (SSSR count). The quantitative estimate of drug-likeness (QED) is 0.577. The number of aromatic amines is 1. The number of halogens is 5. The summed E-state index contributed by atoms with van der Waals surface area (Å²) in [7, 11) is -9.65. The van der Waals surface area contributed by atoms with Crippen LogP contribution in [0.3, 0.4) is 0 Å². The molecule has 90 valence electrons. The monoisotopic (exact) mass is 277 g/mol. The lowest BCUT2D eigenvalue weighted by Crippen LogP contribution is -2.05. The highest BCUT2D eigenvalue weighted by Crippen LogP contribution is 3.02. The van der Waals surface area contributed by atoms with E-state index in [9.17, 15) is 19.4 Å². The van der Waals surface area contributed by atoms with Crippen LogP contribution < -0.4 is 0 Å². The van der Waals surface area contributed by atoms with Crippen molar-refractivity contribution >= 4 is 33.5 Å². The molecule has 0 bridgehead atoms. The van der Waals surface area contributed by atoms with E-state index in [1.165, 1.54) is 0 Å². The van der Waals surface area contributed by atoms with Gasteiger partial charge in [0.1, 0.15) is 4.90 Å². The van der Waals surface area contributed by atoms with E-state index in [1.807, 2.05) is 0 Å². The van der Waals surface area contributed by atoms with Crippen molar-refractivity contribution in [2.75, 3.05) is 0 Å². The fraction of sp³-hybridized carbons (Fsp3) is 0. The molecule has 1 heterocycles. The van der Waals surface area contributed by atoms with Gasteiger partial charge in [-0.3, -0.25) is 0 Å². The molecule has 0 saturated carbocycles. The molecule has 0 saturated heterocycles. The van der Waals surface area contributed by atoms with Gasteiger partial charge in [0.05, 0.1) is 5.52 Å². The van der Waals surface area contributed by atoms with Gasteiger partial charge in [-0.05, 0) is 24.4 Å². The Hall–Kier alpha value is -1.09. The first kappa shape index (κ1) is 11.4. The summed E-state index contributed by atoms with van der Waals surface area (Å²) in [6.45, 7) is 0. The van der Waals surface area contributed by atoms with Crippen molar-refractivity contribution in [2.45, 2.75) is 4.90 Å². The van der Waals surface area contributed by atoms with Gasteiger partial charge >= 0.3 is 10.2 Å². The smallest absolute Gasteiger partial charge is 0.310 e. The number of H-pyrrole nitrogens is 1. The van der Waals surface area contributed by atoms with Gasteiger partial charge in [0, 0.05) is 6.07 Å². The highest BCUT2D eigenvalue weighted by atomic mass is 32.5. The second-order valence-corrected chi connectivity index (χ2v) is 5.92. The molecule has 1 aromatic heterocycles. The van der Waals surface area contributed by atoms with Crippen LogP contribution in [0.1, 0.15) is 0 Å². The molecule has 0 fully saturated rings. The minimum Gasteiger partial charge on any atom is -0.429 e. The maximum Gasteiger partial charge on any atom is 0.310 e. The van der Waals surface area contributed by atoms with Gasteiger partial charge in [0.15, 0.2) is 5.58 Å². The van der Waals surface area contributed by atoms with Crippen LogP contribution in [-0.4, -0.2) is 4.98 Å². The van der Waals surface area contributed by atoms with E-state index < -0.39 is 15.1 Å². The average Bonchev–Trinajstić information content (AvgIpc) is 2.38. The Labute approximate surface area is 90.8 Å². The number of nitrogens with one attached hydrogen (secondary N) is 1. The average molecular weight is 277 g/mol. The molecular weight excluding hydrogens is 273 g/mol. The molecule has 16 heavy (non-hydrogen) atoms. The molecule has 0 unspecified atom stereocenters. The fourth-order valence-corrected chi connectivity index (χ4v) is 2.02. The summed E-state index contributed by atoms with van der Waals surface area (Å²) >= 11 is 4.52. The summed E-state index contributed by atoms with van der Waals surface area (Å²) in [4.78, 5) is 0.244. The van der Waals surface area contributed by atoms with E-state index >= 15 is 0 Å². The number of aromatic nitrogens is 1. The van der Waals surface area contributed by atoms with Crippen molar-refractivity contribution in [1.82, 2.24) is 4.98 Å². The number of hydrogen-bond donors (Lipinski definition) is 1. The van der Waals surface area contributed by atoms with Crippen molar-refractivity contribution in [2.24, 2.45) is 0 Å². The standard InChI is InChI=1S/C7H4F5NOS2/c8-16(9,10,11,12)4-1-2-5-6(3-4)14-7(15)13-5/h1-3H,(H,13,15). The fourth-order valence-electron chi connectivity index (χ4n) is 1.17. The largest absolute Gasteiger partial charge is 0.429 e. The number of hydrogen-bond acceptors (Lipinski definition) is 2. The molecule has 2 nitrogen and oxygen atoms in total. The normalized spacial score (nSPS) is 17.1. The lowest BCUT2D eigenvalue weighted by atomic mass is 10.3. The number of fused-ring (bicyclic) bond motifs is 1. The van der Waals surface area contributed by atoms with Crippen molar-refractivity contribution < 1.29 is 23.8 Å².